The SMILES string of the molecule is O=C(CCl)NC1(c2ccccc2F)CC1. The quantitative estimate of drug-likeness (QED) is 0.788. The zero-order valence-corrected chi connectivity index (χ0v) is 8.85. The van der Waals surface area contributed by atoms with Crippen LogP contribution in [0.4, 0.5) is 4.39 Å². The molecule has 1 amide bonds. The predicted molar refractivity (Wildman–Crippen MR) is 56.2 cm³/mol. The van der Waals surface area contributed by atoms with E-state index in [4.69, 9.17) is 11.6 Å². The largest absolute Gasteiger partial charge is 0.345 e. The molecule has 0 saturated heterocycles. The third-order valence-electron chi connectivity index (χ3n) is 2.64. The summed E-state index contributed by atoms with van der Waals surface area (Å²) >= 11 is 5.41. The predicted octanol–water partition coefficient (Wildman–Crippen LogP) is 2.17. The van der Waals surface area contributed by atoms with E-state index in [2.05, 4.69) is 5.32 Å². The van der Waals surface area contributed by atoms with Gasteiger partial charge in [-0.2, -0.15) is 0 Å². The van der Waals surface area contributed by atoms with Crippen molar-refractivity contribution in [1.82, 2.24) is 5.32 Å². The summed E-state index contributed by atoms with van der Waals surface area (Å²) in [5.41, 5.74) is 0.0561. The molecule has 1 saturated carbocycles. The molecule has 1 fully saturated rings. The Morgan fingerprint density at radius 3 is 2.67 bits per heavy atom. The van der Waals surface area contributed by atoms with Gasteiger partial charge in [0.2, 0.25) is 5.91 Å². The van der Waals surface area contributed by atoms with Crippen LogP contribution in [0, 0.1) is 5.82 Å². The number of amides is 1. The van der Waals surface area contributed by atoms with E-state index >= 15 is 0 Å². The summed E-state index contributed by atoms with van der Waals surface area (Å²) in [6, 6.07) is 6.52. The van der Waals surface area contributed by atoms with Crippen LogP contribution in [0.15, 0.2) is 24.3 Å². The van der Waals surface area contributed by atoms with E-state index < -0.39 is 5.54 Å². The summed E-state index contributed by atoms with van der Waals surface area (Å²) in [5, 5.41) is 2.76. The molecule has 1 aliphatic carbocycles. The van der Waals surface area contributed by atoms with Crippen molar-refractivity contribution in [2.45, 2.75) is 18.4 Å². The lowest BCUT2D eigenvalue weighted by atomic mass is 10.0. The summed E-state index contributed by atoms with van der Waals surface area (Å²) in [6.07, 6.45) is 1.55. The maximum absolute atomic E-state index is 13.5. The van der Waals surface area contributed by atoms with Crippen LogP contribution in [0.5, 0.6) is 0 Å². The summed E-state index contributed by atoms with van der Waals surface area (Å²) < 4.78 is 13.5. The van der Waals surface area contributed by atoms with Crippen molar-refractivity contribution in [2.24, 2.45) is 0 Å². The molecule has 0 unspecified atom stereocenters. The lowest BCUT2D eigenvalue weighted by Crippen LogP contribution is -2.36. The fourth-order valence-electron chi connectivity index (χ4n) is 1.74. The van der Waals surface area contributed by atoms with E-state index in [9.17, 15) is 9.18 Å². The van der Waals surface area contributed by atoms with E-state index in [0.29, 0.717) is 5.56 Å². The van der Waals surface area contributed by atoms with Crippen LogP contribution in [-0.2, 0) is 10.3 Å². The van der Waals surface area contributed by atoms with Gasteiger partial charge in [-0.3, -0.25) is 4.79 Å². The van der Waals surface area contributed by atoms with E-state index in [0.717, 1.165) is 12.8 Å². The van der Waals surface area contributed by atoms with Gasteiger partial charge >= 0.3 is 0 Å². The van der Waals surface area contributed by atoms with Gasteiger partial charge in [-0.25, -0.2) is 4.39 Å². The number of rotatable bonds is 3. The lowest BCUT2D eigenvalue weighted by molar-refractivity contribution is -0.119. The monoisotopic (exact) mass is 227 g/mol. The van der Waals surface area contributed by atoms with Crippen molar-refractivity contribution >= 4 is 17.5 Å². The first kappa shape index (κ1) is 10.4. The van der Waals surface area contributed by atoms with Gasteiger partial charge in [0.15, 0.2) is 0 Å². The van der Waals surface area contributed by atoms with Crippen LogP contribution in [0.3, 0.4) is 0 Å². The highest BCUT2D eigenvalue weighted by Gasteiger charge is 2.47. The van der Waals surface area contributed by atoms with Crippen LogP contribution < -0.4 is 5.32 Å². The molecule has 0 aliphatic heterocycles. The maximum Gasteiger partial charge on any atom is 0.235 e. The molecule has 0 atom stereocenters. The number of benzene rings is 1. The van der Waals surface area contributed by atoms with Crippen LogP contribution in [0.25, 0.3) is 0 Å². The number of hydrogen-bond acceptors (Lipinski definition) is 1. The smallest absolute Gasteiger partial charge is 0.235 e. The summed E-state index contributed by atoms with van der Waals surface area (Å²) in [7, 11) is 0. The van der Waals surface area contributed by atoms with Crippen LogP contribution in [-0.4, -0.2) is 11.8 Å². The molecule has 1 N–H and O–H groups in total. The highest BCUT2D eigenvalue weighted by atomic mass is 35.5. The van der Waals surface area contributed by atoms with Crippen LogP contribution >= 0.6 is 11.6 Å². The summed E-state index contributed by atoms with van der Waals surface area (Å²) in [6.45, 7) is 0. The molecule has 0 aromatic heterocycles. The first-order valence-corrected chi connectivity index (χ1v) is 5.33. The number of alkyl halides is 1. The van der Waals surface area contributed by atoms with E-state index in [-0.39, 0.29) is 17.6 Å². The topological polar surface area (TPSA) is 29.1 Å². The zero-order valence-electron chi connectivity index (χ0n) is 8.09. The van der Waals surface area contributed by atoms with Gasteiger partial charge in [-0.05, 0) is 18.9 Å². The molecule has 1 aromatic rings. The Morgan fingerprint density at radius 1 is 1.47 bits per heavy atom. The van der Waals surface area contributed by atoms with Crippen molar-refractivity contribution in [2.75, 3.05) is 5.88 Å². The Balaban J connectivity index is 2.23. The molecule has 1 aromatic carbocycles. The van der Waals surface area contributed by atoms with Gasteiger partial charge < -0.3 is 5.32 Å². The molecule has 2 rings (SSSR count). The number of nitrogens with one attached hydrogen (secondary N) is 1. The molecule has 0 heterocycles. The highest BCUT2D eigenvalue weighted by molar-refractivity contribution is 6.27. The molecule has 15 heavy (non-hydrogen) atoms. The van der Waals surface area contributed by atoms with Gasteiger partial charge in [0.25, 0.3) is 0 Å². The Morgan fingerprint density at radius 2 is 2.13 bits per heavy atom. The lowest BCUT2D eigenvalue weighted by Gasteiger charge is -2.17. The molecule has 0 spiro atoms. The number of carbonyl (C=O) groups excluding carboxylic acids is 1. The number of carbonyl (C=O) groups is 1. The van der Waals surface area contributed by atoms with Crippen LogP contribution in [0.1, 0.15) is 18.4 Å². The van der Waals surface area contributed by atoms with Gasteiger partial charge in [0.1, 0.15) is 11.7 Å². The second-order valence-electron chi connectivity index (χ2n) is 3.74. The minimum atomic E-state index is -0.503. The molecule has 2 nitrogen and oxygen atoms in total. The van der Waals surface area contributed by atoms with E-state index in [1.165, 1.54) is 6.07 Å². The molecular weight excluding hydrogens is 217 g/mol. The van der Waals surface area contributed by atoms with Crippen molar-refractivity contribution in [3.05, 3.63) is 35.6 Å². The average molecular weight is 228 g/mol. The second-order valence-corrected chi connectivity index (χ2v) is 4.01. The Bertz CT molecular complexity index is 390. The molecular formula is C11H11ClFNO. The van der Waals surface area contributed by atoms with E-state index in [1.54, 1.807) is 18.2 Å². The number of hydrogen-bond donors (Lipinski definition) is 1. The molecule has 0 radical (unpaired) electrons. The Kier molecular flexibility index (Phi) is 2.65. The molecule has 80 valence electrons. The van der Waals surface area contributed by atoms with Crippen molar-refractivity contribution < 1.29 is 9.18 Å². The number of halogens is 2. The third kappa shape index (κ3) is 1.97. The molecule has 4 heteroatoms. The summed E-state index contributed by atoms with van der Waals surface area (Å²) in [4.78, 5) is 11.2. The highest BCUT2D eigenvalue weighted by Crippen LogP contribution is 2.46. The fourth-order valence-corrected chi connectivity index (χ4v) is 1.80. The van der Waals surface area contributed by atoms with Crippen molar-refractivity contribution in [3.8, 4) is 0 Å². The first-order valence-electron chi connectivity index (χ1n) is 4.80. The molecule has 0 bridgehead atoms. The summed E-state index contributed by atoms with van der Waals surface area (Å²) in [5.74, 6) is -0.613. The van der Waals surface area contributed by atoms with Gasteiger partial charge in [0.05, 0.1) is 5.54 Å². The Hall–Kier alpha value is -1.09. The second kappa shape index (κ2) is 3.81. The maximum atomic E-state index is 13.5. The third-order valence-corrected chi connectivity index (χ3v) is 2.88. The van der Waals surface area contributed by atoms with Crippen molar-refractivity contribution in [1.29, 1.82) is 0 Å². The van der Waals surface area contributed by atoms with E-state index in [1.807, 2.05) is 0 Å². The average Bonchev–Trinajstić information content (AvgIpc) is 2.99. The molecule has 1 aliphatic rings. The Labute approximate surface area is 92.4 Å². The minimum absolute atomic E-state index is 0.0871. The van der Waals surface area contributed by atoms with Crippen LogP contribution in [0.2, 0.25) is 0 Å². The fraction of sp³-hybridized carbons (Fsp3) is 0.364. The first-order chi connectivity index (χ1) is 7.18. The zero-order chi connectivity index (χ0) is 10.9. The normalized spacial score (nSPS) is 17.2. The van der Waals surface area contributed by atoms with Gasteiger partial charge in [-0.1, -0.05) is 18.2 Å². The van der Waals surface area contributed by atoms with Crippen molar-refractivity contribution in [3.63, 3.8) is 0 Å². The van der Waals surface area contributed by atoms with Gasteiger partial charge in [-0.15, -0.1) is 11.6 Å². The van der Waals surface area contributed by atoms with Gasteiger partial charge in [0, 0.05) is 5.56 Å². The standard InChI is InChI=1S/C11H11ClFNO/c12-7-10(15)14-11(5-6-11)8-3-1-2-4-9(8)13/h1-4H,5-7H2,(H,14,15). The minimum Gasteiger partial charge on any atom is -0.345 e.